The van der Waals surface area contributed by atoms with E-state index in [0.29, 0.717) is 11.8 Å². The van der Waals surface area contributed by atoms with E-state index in [1.165, 1.54) is 12.8 Å². The maximum absolute atomic E-state index is 7.23. The molecule has 10 heavy (non-hydrogen) atoms. The molecular formula is C8H16N2. The van der Waals surface area contributed by atoms with E-state index in [0.717, 1.165) is 18.8 Å². The van der Waals surface area contributed by atoms with Crippen LogP contribution in [0.2, 0.25) is 0 Å². The predicted molar refractivity (Wildman–Crippen MR) is 43.0 cm³/mol. The van der Waals surface area contributed by atoms with E-state index >= 15 is 0 Å². The van der Waals surface area contributed by atoms with Gasteiger partial charge in [-0.15, -0.1) is 0 Å². The Kier molecular flexibility index (Phi) is 2.30. The zero-order valence-electron chi connectivity index (χ0n) is 6.56. The van der Waals surface area contributed by atoms with Crippen molar-refractivity contribution in [3.05, 3.63) is 0 Å². The van der Waals surface area contributed by atoms with E-state index in [-0.39, 0.29) is 0 Å². The fourth-order valence-electron chi connectivity index (χ4n) is 1.57. The number of nitrogens with one attached hydrogen (secondary N) is 1. The van der Waals surface area contributed by atoms with Crippen LogP contribution in [-0.4, -0.2) is 5.84 Å². The lowest BCUT2D eigenvalue weighted by molar-refractivity contribution is 0.342. The monoisotopic (exact) mass is 140 g/mol. The average Bonchev–Trinajstić information content (AvgIpc) is 1.88. The third kappa shape index (κ3) is 1.72. The summed E-state index contributed by atoms with van der Waals surface area (Å²) in [6.45, 7) is 2.27. The Morgan fingerprint density at radius 1 is 1.30 bits per heavy atom. The molecular weight excluding hydrogens is 124 g/mol. The SMILES string of the molecule is CC1CCC(C(=N)N)CC1. The third-order valence-corrected chi connectivity index (χ3v) is 2.46. The molecule has 0 unspecified atom stereocenters. The second kappa shape index (κ2) is 3.04. The van der Waals surface area contributed by atoms with Gasteiger partial charge in [0.2, 0.25) is 0 Å². The number of hydrogen-bond acceptors (Lipinski definition) is 1. The third-order valence-electron chi connectivity index (χ3n) is 2.46. The Labute approximate surface area is 62.3 Å². The molecule has 3 N–H and O–H groups in total. The van der Waals surface area contributed by atoms with E-state index in [2.05, 4.69) is 6.92 Å². The molecule has 0 aromatic carbocycles. The van der Waals surface area contributed by atoms with E-state index in [1.54, 1.807) is 0 Å². The van der Waals surface area contributed by atoms with Crippen LogP contribution in [0, 0.1) is 17.2 Å². The number of hydrogen-bond donors (Lipinski definition) is 2. The zero-order chi connectivity index (χ0) is 7.56. The van der Waals surface area contributed by atoms with Crippen molar-refractivity contribution >= 4 is 5.84 Å². The highest BCUT2D eigenvalue weighted by molar-refractivity contribution is 5.79. The van der Waals surface area contributed by atoms with Crippen LogP contribution in [0.3, 0.4) is 0 Å². The van der Waals surface area contributed by atoms with Crippen LogP contribution in [0.1, 0.15) is 32.6 Å². The lowest BCUT2D eigenvalue weighted by Gasteiger charge is -2.24. The molecule has 0 aliphatic heterocycles. The molecule has 1 fully saturated rings. The number of amidine groups is 1. The quantitative estimate of drug-likeness (QED) is 0.423. The first-order valence-electron chi connectivity index (χ1n) is 4.04. The van der Waals surface area contributed by atoms with Crippen molar-refractivity contribution < 1.29 is 0 Å². The maximum atomic E-state index is 7.23. The van der Waals surface area contributed by atoms with Gasteiger partial charge in [-0.2, -0.15) is 0 Å². The van der Waals surface area contributed by atoms with E-state index in [1.807, 2.05) is 0 Å². The van der Waals surface area contributed by atoms with Crippen LogP contribution < -0.4 is 5.73 Å². The van der Waals surface area contributed by atoms with Crippen molar-refractivity contribution in [2.45, 2.75) is 32.6 Å². The molecule has 58 valence electrons. The molecule has 0 radical (unpaired) electrons. The van der Waals surface area contributed by atoms with Crippen LogP contribution >= 0.6 is 0 Å². The topological polar surface area (TPSA) is 49.9 Å². The summed E-state index contributed by atoms with van der Waals surface area (Å²) in [6, 6.07) is 0. The molecule has 0 saturated heterocycles. The highest BCUT2D eigenvalue weighted by Crippen LogP contribution is 2.27. The summed E-state index contributed by atoms with van der Waals surface area (Å²) in [4.78, 5) is 0. The Balaban J connectivity index is 2.33. The van der Waals surface area contributed by atoms with Crippen LogP contribution in [0.15, 0.2) is 0 Å². The van der Waals surface area contributed by atoms with Crippen molar-refractivity contribution in [2.75, 3.05) is 0 Å². The summed E-state index contributed by atoms with van der Waals surface area (Å²) in [5, 5.41) is 7.23. The van der Waals surface area contributed by atoms with Gasteiger partial charge in [-0.05, 0) is 18.8 Å². The Hall–Kier alpha value is -0.530. The van der Waals surface area contributed by atoms with Gasteiger partial charge in [0.05, 0.1) is 5.84 Å². The molecule has 1 rings (SSSR count). The molecule has 0 atom stereocenters. The lowest BCUT2D eigenvalue weighted by Crippen LogP contribution is -2.26. The normalized spacial score (nSPS) is 33.7. The first-order chi connectivity index (χ1) is 4.70. The standard InChI is InChI=1S/C8H16N2/c1-6-2-4-7(5-3-6)8(9)10/h6-7H,2-5H2,1H3,(H3,9,10). The van der Waals surface area contributed by atoms with Crippen molar-refractivity contribution in [1.82, 2.24) is 0 Å². The average molecular weight is 140 g/mol. The minimum Gasteiger partial charge on any atom is -0.387 e. The molecule has 0 amide bonds. The number of nitrogens with two attached hydrogens (primary N) is 1. The Morgan fingerprint density at radius 3 is 2.20 bits per heavy atom. The predicted octanol–water partition coefficient (Wildman–Crippen LogP) is 1.75. The summed E-state index contributed by atoms with van der Waals surface area (Å²) in [6.07, 6.45) is 4.78. The minimum atomic E-state index is 0.395. The smallest absolute Gasteiger partial charge is 0.0936 e. The number of rotatable bonds is 1. The van der Waals surface area contributed by atoms with Crippen molar-refractivity contribution in [1.29, 1.82) is 5.41 Å². The molecule has 2 heteroatoms. The second-order valence-corrected chi connectivity index (χ2v) is 3.41. The van der Waals surface area contributed by atoms with E-state index in [9.17, 15) is 0 Å². The summed E-state index contributed by atoms with van der Waals surface area (Å²) in [5.74, 6) is 1.65. The fourth-order valence-corrected chi connectivity index (χ4v) is 1.57. The molecule has 1 aliphatic rings. The fraction of sp³-hybridized carbons (Fsp3) is 0.875. The first-order valence-corrected chi connectivity index (χ1v) is 4.04. The Morgan fingerprint density at radius 2 is 1.80 bits per heavy atom. The molecule has 1 saturated carbocycles. The molecule has 0 bridgehead atoms. The van der Waals surface area contributed by atoms with Crippen LogP contribution in [0.25, 0.3) is 0 Å². The van der Waals surface area contributed by atoms with Crippen molar-refractivity contribution in [2.24, 2.45) is 17.6 Å². The van der Waals surface area contributed by atoms with Gasteiger partial charge in [-0.25, -0.2) is 0 Å². The maximum Gasteiger partial charge on any atom is 0.0936 e. The summed E-state index contributed by atoms with van der Waals surface area (Å²) in [7, 11) is 0. The molecule has 0 heterocycles. The van der Waals surface area contributed by atoms with Gasteiger partial charge in [0, 0.05) is 5.92 Å². The molecule has 0 spiro atoms. The van der Waals surface area contributed by atoms with Crippen LogP contribution in [0.4, 0.5) is 0 Å². The molecule has 0 aromatic rings. The minimum absolute atomic E-state index is 0.395. The first kappa shape index (κ1) is 7.58. The second-order valence-electron chi connectivity index (χ2n) is 3.41. The van der Waals surface area contributed by atoms with Gasteiger partial charge in [-0.1, -0.05) is 19.8 Å². The van der Waals surface area contributed by atoms with Crippen molar-refractivity contribution in [3.63, 3.8) is 0 Å². The summed E-state index contributed by atoms with van der Waals surface area (Å²) < 4.78 is 0. The van der Waals surface area contributed by atoms with Gasteiger partial charge >= 0.3 is 0 Å². The van der Waals surface area contributed by atoms with Gasteiger partial charge in [0.1, 0.15) is 0 Å². The van der Waals surface area contributed by atoms with Gasteiger partial charge in [0.15, 0.2) is 0 Å². The molecule has 1 aliphatic carbocycles. The Bertz CT molecular complexity index is 123. The highest BCUT2D eigenvalue weighted by atomic mass is 14.7. The van der Waals surface area contributed by atoms with Crippen LogP contribution in [0.5, 0.6) is 0 Å². The van der Waals surface area contributed by atoms with Crippen LogP contribution in [-0.2, 0) is 0 Å². The van der Waals surface area contributed by atoms with Gasteiger partial charge in [0.25, 0.3) is 0 Å². The highest BCUT2D eigenvalue weighted by Gasteiger charge is 2.19. The molecule has 0 aromatic heterocycles. The van der Waals surface area contributed by atoms with Crippen molar-refractivity contribution in [3.8, 4) is 0 Å². The summed E-state index contributed by atoms with van der Waals surface area (Å²) in [5.41, 5.74) is 5.40. The summed E-state index contributed by atoms with van der Waals surface area (Å²) >= 11 is 0. The molecule has 2 nitrogen and oxygen atoms in total. The largest absolute Gasteiger partial charge is 0.387 e. The van der Waals surface area contributed by atoms with Gasteiger partial charge < -0.3 is 5.73 Å². The van der Waals surface area contributed by atoms with E-state index < -0.39 is 0 Å². The van der Waals surface area contributed by atoms with Gasteiger partial charge in [-0.3, -0.25) is 5.41 Å². The van der Waals surface area contributed by atoms with E-state index in [4.69, 9.17) is 11.1 Å². The zero-order valence-corrected chi connectivity index (χ0v) is 6.56. The lowest BCUT2D eigenvalue weighted by atomic mass is 9.82.